The molecule has 1 aromatic carbocycles. The van der Waals surface area contributed by atoms with Gasteiger partial charge in [0, 0.05) is 26.2 Å². The van der Waals surface area contributed by atoms with Crippen LogP contribution in [0.25, 0.3) is 0 Å². The van der Waals surface area contributed by atoms with Crippen LogP contribution in [0.15, 0.2) is 24.3 Å². The summed E-state index contributed by atoms with van der Waals surface area (Å²) in [6.45, 7) is 4.43. The molecule has 5 nitrogen and oxygen atoms in total. The van der Waals surface area contributed by atoms with E-state index in [-0.39, 0.29) is 24.2 Å². The zero-order valence-electron chi connectivity index (χ0n) is 14.9. The Morgan fingerprint density at radius 2 is 1.52 bits per heavy atom. The number of carbonyl (C=O) groups is 2. The molecular formula is C19H28ClN3O2. The maximum atomic E-state index is 12.6. The molecule has 0 aromatic heterocycles. The summed E-state index contributed by atoms with van der Waals surface area (Å²) in [5, 5.41) is 0. The second-order valence-corrected chi connectivity index (χ2v) is 7.20. The number of hydrogen-bond donors (Lipinski definition) is 1. The lowest BCUT2D eigenvalue weighted by atomic mass is 9.97. The highest BCUT2D eigenvalue weighted by Gasteiger charge is 2.40. The van der Waals surface area contributed by atoms with Crippen LogP contribution in [0.4, 0.5) is 0 Å². The summed E-state index contributed by atoms with van der Waals surface area (Å²) in [6.07, 6.45) is 4.08. The summed E-state index contributed by atoms with van der Waals surface area (Å²) in [5.74, 6) is 0.208. The van der Waals surface area contributed by atoms with Crippen LogP contribution in [0, 0.1) is 6.92 Å². The maximum Gasteiger partial charge on any atom is 0.242 e. The first-order chi connectivity index (χ1) is 11.5. The van der Waals surface area contributed by atoms with Crippen molar-refractivity contribution in [2.45, 2.75) is 44.6 Å². The summed E-state index contributed by atoms with van der Waals surface area (Å²) in [4.78, 5) is 28.8. The van der Waals surface area contributed by atoms with Crippen molar-refractivity contribution < 1.29 is 9.59 Å². The molecule has 0 spiro atoms. The zero-order valence-corrected chi connectivity index (χ0v) is 15.7. The Bertz CT molecular complexity index is 604. The first-order valence-electron chi connectivity index (χ1n) is 8.89. The predicted molar refractivity (Wildman–Crippen MR) is 101 cm³/mol. The minimum Gasteiger partial charge on any atom is -0.339 e. The molecule has 0 bridgehead atoms. The summed E-state index contributed by atoms with van der Waals surface area (Å²) in [6, 6.07) is 8.07. The minimum atomic E-state index is -0.659. The van der Waals surface area contributed by atoms with Crippen LogP contribution in [0.2, 0.25) is 0 Å². The molecule has 6 heteroatoms. The van der Waals surface area contributed by atoms with Crippen molar-refractivity contribution >= 4 is 24.2 Å². The van der Waals surface area contributed by atoms with Gasteiger partial charge in [-0.05, 0) is 25.3 Å². The van der Waals surface area contributed by atoms with E-state index in [1.165, 1.54) is 5.56 Å². The second-order valence-electron chi connectivity index (χ2n) is 7.20. The molecular weight excluding hydrogens is 338 g/mol. The van der Waals surface area contributed by atoms with E-state index in [9.17, 15) is 9.59 Å². The number of carbonyl (C=O) groups excluding carboxylic acids is 2. The fourth-order valence-electron chi connectivity index (χ4n) is 3.69. The number of benzene rings is 1. The van der Waals surface area contributed by atoms with Gasteiger partial charge in [0.1, 0.15) is 0 Å². The van der Waals surface area contributed by atoms with Crippen molar-refractivity contribution in [1.82, 2.24) is 9.80 Å². The average Bonchev–Trinajstić information content (AvgIpc) is 3.04. The van der Waals surface area contributed by atoms with Crippen molar-refractivity contribution in [2.24, 2.45) is 5.73 Å². The number of rotatable bonds is 3. The van der Waals surface area contributed by atoms with Crippen LogP contribution in [0.5, 0.6) is 0 Å². The molecule has 0 atom stereocenters. The van der Waals surface area contributed by atoms with E-state index in [0.717, 1.165) is 31.2 Å². The van der Waals surface area contributed by atoms with Crippen molar-refractivity contribution in [3.05, 3.63) is 35.4 Å². The molecule has 2 amide bonds. The lowest BCUT2D eigenvalue weighted by molar-refractivity contribution is -0.142. The second kappa shape index (κ2) is 8.19. The van der Waals surface area contributed by atoms with Crippen molar-refractivity contribution in [1.29, 1.82) is 0 Å². The summed E-state index contributed by atoms with van der Waals surface area (Å²) >= 11 is 0. The topological polar surface area (TPSA) is 66.6 Å². The monoisotopic (exact) mass is 365 g/mol. The molecule has 2 aliphatic rings. The quantitative estimate of drug-likeness (QED) is 0.889. The van der Waals surface area contributed by atoms with Gasteiger partial charge in [0.2, 0.25) is 11.8 Å². The highest BCUT2D eigenvalue weighted by Crippen LogP contribution is 2.29. The molecule has 1 saturated carbocycles. The molecule has 0 radical (unpaired) electrons. The smallest absolute Gasteiger partial charge is 0.242 e. The van der Waals surface area contributed by atoms with Gasteiger partial charge in [-0.2, -0.15) is 0 Å². The van der Waals surface area contributed by atoms with Crippen molar-refractivity contribution in [3.8, 4) is 0 Å². The van der Waals surface area contributed by atoms with E-state index in [2.05, 4.69) is 0 Å². The Balaban J connectivity index is 0.00000225. The molecule has 2 N–H and O–H groups in total. The summed E-state index contributed by atoms with van der Waals surface area (Å²) < 4.78 is 0. The van der Waals surface area contributed by atoms with Crippen LogP contribution >= 0.6 is 12.4 Å². The number of nitrogens with zero attached hydrogens (tertiary/aromatic N) is 2. The van der Waals surface area contributed by atoms with E-state index < -0.39 is 5.54 Å². The predicted octanol–water partition coefficient (Wildman–Crippen LogP) is 1.90. The first kappa shape index (κ1) is 19.7. The number of amides is 2. The molecule has 1 heterocycles. The number of hydrogen-bond acceptors (Lipinski definition) is 3. The fraction of sp³-hybridized carbons (Fsp3) is 0.579. The van der Waals surface area contributed by atoms with Gasteiger partial charge >= 0.3 is 0 Å². The lowest BCUT2D eigenvalue weighted by Crippen LogP contribution is -2.59. The Hall–Kier alpha value is -1.59. The van der Waals surface area contributed by atoms with E-state index in [0.29, 0.717) is 32.6 Å². The molecule has 1 aliphatic heterocycles. The third-order valence-electron chi connectivity index (χ3n) is 5.32. The SMILES string of the molecule is Cc1ccc(CC(=O)N2CCN(C(=O)C3(N)CCCC3)CC2)cc1.Cl. The Morgan fingerprint density at radius 1 is 1.00 bits per heavy atom. The van der Waals surface area contributed by atoms with E-state index in [1.54, 1.807) is 0 Å². The molecule has 0 unspecified atom stereocenters. The van der Waals surface area contributed by atoms with Crippen molar-refractivity contribution in [3.63, 3.8) is 0 Å². The fourth-order valence-corrected chi connectivity index (χ4v) is 3.69. The molecule has 1 aromatic rings. The molecule has 25 heavy (non-hydrogen) atoms. The van der Waals surface area contributed by atoms with Gasteiger partial charge < -0.3 is 15.5 Å². The molecule has 1 saturated heterocycles. The molecule has 1 aliphatic carbocycles. The third-order valence-corrected chi connectivity index (χ3v) is 5.32. The molecule has 3 rings (SSSR count). The third kappa shape index (κ3) is 4.53. The highest BCUT2D eigenvalue weighted by molar-refractivity contribution is 5.87. The summed E-state index contributed by atoms with van der Waals surface area (Å²) in [7, 11) is 0. The maximum absolute atomic E-state index is 12.6. The highest BCUT2D eigenvalue weighted by atomic mass is 35.5. The van der Waals surface area contributed by atoms with Crippen LogP contribution in [0.1, 0.15) is 36.8 Å². The zero-order chi connectivity index (χ0) is 17.2. The largest absolute Gasteiger partial charge is 0.339 e. The van der Waals surface area contributed by atoms with Crippen LogP contribution in [0.3, 0.4) is 0 Å². The van der Waals surface area contributed by atoms with Gasteiger partial charge in [-0.3, -0.25) is 9.59 Å². The first-order valence-corrected chi connectivity index (χ1v) is 8.89. The van der Waals surface area contributed by atoms with E-state index in [4.69, 9.17) is 5.73 Å². The Labute approximate surface area is 155 Å². The Kier molecular flexibility index (Phi) is 6.47. The van der Waals surface area contributed by atoms with Gasteiger partial charge in [0.05, 0.1) is 12.0 Å². The van der Waals surface area contributed by atoms with Crippen LogP contribution in [-0.2, 0) is 16.0 Å². The van der Waals surface area contributed by atoms with Crippen LogP contribution in [-0.4, -0.2) is 53.3 Å². The van der Waals surface area contributed by atoms with E-state index in [1.807, 2.05) is 41.0 Å². The lowest BCUT2D eigenvalue weighted by Gasteiger charge is -2.38. The van der Waals surface area contributed by atoms with Gasteiger partial charge in [-0.25, -0.2) is 0 Å². The number of nitrogens with two attached hydrogens (primary N) is 1. The van der Waals surface area contributed by atoms with Gasteiger partial charge in [-0.1, -0.05) is 42.7 Å². The molecule has 138 valence electrons. The van der Waals surface area contributed by atoms with Gasteiger partial charge in [-0.15, -0.1) is 12.4 Å². The van der Waals surface area contributed by atoms with Crippen molar-refractivity contribution in [2.75, 3.05) is 26.2 Å². The summed E-state index contributed by atoms with van der Waals surface area (Å²) in [5.41, 5.74) is 7.85. The van der Waals surface area contributed by atoms with Crippen LogP contribution < -0.4 is 5.73 Å². The number of halogens is 1. The van der Waals surface area contributed by atoms with Gasteiger partial charge in [0.25, 0.3) is 0 Å². The Morgan fingerprint density at radius 3 is 2.08 bits per heavy atom. The normalized spacial score (nSPS) is 19.4. The number of aryl methyl sites for hydroxylation is 1. The standard InChI is InChI=1S/C19H27N3O2.ClH/c1-15-4-6-16(7-5-15)14-17(23)21-10-12-22(13-11-21)18(24)19(20)8-2-3-9-19;/h4-7H,2-3,8-14,20H2,1H3;1H. The minimum absolute atomic E-state index is 0. The molecule has 2 fully saturated rings. The average molecular weight is 366 g/mol. The number of piperazine rings is 1. The van der Waals surface area contributed by atoms with Gasteiger partial charge in [0.15, 0.2) is 0 Å². The van der Waals surface area contributed by atoms with E-state index >= 15 is 0 Å².